The predicted octanol–water partition coefficient (Wildman–Crippen LogP) is 2.80. The Morgan fingerprint density at radius 2 is 1.47 bits per heavy atom. The number of hydrogen-bond acceptors (Lipinski definition) is 1. The summed E-state index contributed by atoms with van der Waals surface area (Å²) in [5.74, 6) is 0. The maximum absolute atomic E-state index is 10.9. The zero-order valence-corrected chi connectivity index (χ0v) is 9.54. The molecule has 17 heavy (non-hydrogen) atoms. The normalized spacial score (nSPS) is 9.88. The van der Waals surface area contributed by atoms with Gasteiger partial charge in [0.25, 0.3) is 0 Å². The van der Waals surface area contributed by atoms with Crippen molar-refractivity contribution in [3.8, 4) is 0 Å². The maximum Gasteiger partial charge on any atom is 0.316 e. The SMILES string of the molecule is O=[C]N(CCc1ccccc1)c1ccccc1. The van der Waals surface area contributed by atoms with Crippen LogP contribution in [-0.2, 0) is 11.2 Å². The van der Waals surface area contributed by atoms with E-state index >= 15 is 0 Å². The fourth-order valence-electron chi connectivity index (χ4n) is 1.72. The Balaban J connectivity index is 2.00. The van der Waals surface area contributed by atoms with E-state index < -0.39 is 0 Å². The predicted molar refractivity (Wildman–Crippen MR) is 69.6 cm³/mol. The minimum absolute atomic E-state index is 0.650. The van der Waals surface area contributed by atoms with E-state index in [-0.39, 0.29) is 0 Å². The van der Waals surface area contributed by atoms with E-state index in [1.54, 1.807) is 4.90 Å². The summed E-state index contributed by atoms with van der Waals surface area (Å²) in [5, 5.41) is 0. The lowest BCUT2D eigenvalue weighted by Crippen LogP contribution is -2.23. The lowest BCUT2D eigenvalue weighted by molar-refractivity contribution is 0.551. The van der Waals surface area contributed by atoms with Crippen LogP contribution in [0.25, 0.3) is 0 Å². The second-order valence-corrected chi connectivity index (χ2v) is 3.81. The van der Waals surface area contributed by atoms with Gasteiger partial charge in [-0.2, -0.15) is 0 Å². The van der Waals surface area contributed by atoms with Gasteiger partial charge in [0.15, 0.2) is 0 Å². The zero-order chi connectivity index (χ0) is 11.9. The third kappa shape index (κ3) is 3.18. The fraction of sp³-hybridized carbons (Fsp3) is 0.133. The molecular formula is C15H14NO. The second-order valence-electron chi connectivity index (χ2n) is 3.81. The van der Waals surface area contributed by atoms with Crippen molar-refractivity contribution in [2.75, 3.05) is 11.4 Å². The molecule has 2 aromatic rings. The van der Waals surface area contributed by atoms with Gasteiger partial charge in [-0.1, -0.05) is 48.5 Å². The fourth-order valence-corrected chi connectivity index (χ4v) is 1.72. The van der Waals surface area contributed by atoms with E-state index in [2.05, 4.69) is 12.1 Å². The molecule has 0 aromatic heterocycles. The molecule has 0 spiro atoms. The van der Waals surface area contributed by atoms with Crippen molar-refractivity contribution in [1.29, 1.82) is 0 Å². The van der Waals surface area contributed by atoms with Crippen LogP contribution >= 0.6 is 0 Å². The number of carbonyl (C=O) groups excluding carboxylic acids is 1. The number of benzene rings is 2. The van der Waals surface area contributed by atoms with E-state index in [0.717, 1.165) is 12.1 Å². The lowest BCUT2D eigenvalue weighted by atomic mass is 10.1. The first-order valence-electron chi connectivity index (χ1n) is 5.64. The summed E-state index contributed by atoms with van der Waals surface area (Å²) in [4.78, 5) is 12.5. The van der Waals surface area contributed by atoms with Gasteiger partial charge < -0.3 is 4.90 Å². The van der Waals surface area contributed by atoms with Crippen molar-refractivity contribution in [2.24, 2.45) is 0 Å². The topological polar surface area (TPSA) is 20.3 Å². The summed E-state index contributed by atoms with van der Waals surface area (Å²) in [6, 6.07) is 19.7. The van der Waals surface area contributed by atoms with E-state index in [0.29, 0.717) is 6.54 Å². The number of rotatable bonds is 5. The monoisotopic (exact) mass is 224 g/mol. The van der Waals surface area contributed by atoms with E-state index in [1.165, 1.54) is 5.56 Å². The Hall–Kier alpha value is -2.09. The average molecular weight is 224 g/mol. The molecule has 0 saturated heterocycles. The van der Waals surface area contributed by atoms with Gasteiger partial charge in [-0.15, -0.1) is 0 Å². The number of hydrogen-bond donors (Lipinski definition) is 0. The van der Waals surface area contributed by atoms with E-state index in [1.807, 2.05) is 54.9 Å². The number of amides is 1. The molecular weight excluding hydrogens is 210 g/mol. The van der Waals surface area contributed by atoms with Crippen LogP contribution in [0.4, 0.5) is 5.69 Å². The van der Waals surface area contributed by atoms with Gasteiger partial charge in [0.2, 0.25) is 0 Å². The van der Waals surface area contributed by atoms with Crippen LogP contribution < -0.4 is 4.90 Å². The molecule has 0 aliphatic carbocycles. The van der Waals surface area contributed by atoms with E-state index in [9.17, 15) is 4.79 Å². The molecule has 0 fully saturated rings. The van der Waals surface area contributed by atoms with Crippen LogP contribution in [0.5, 0.6) is 0 Å². The highest BCUT2D eigenvalue weighted by molar-refractivity contribution is 5.75. The summed E-state index contributed by atoms with van der Waals surface area (Å²) >= 11 is 0. The summed E-state index contributed by atoms with van der Waals surface area (Å²) in [6.07, 6.45) is 2.81. The number of para-hydroxylation sites is 1. The molecule has 0 unspecified atom stereocenters. The Bertz CT molecular complexity index is 453. The minimum atomic E-state index is 0.650. The molecule has 0 aliphatic rings. The summed E-state index contributed by atoms with van der Waals surface area (Å²) in [6.45, 7) is 0.650. The molecule has 2 rings (SSSR count). The molecule has 2 nitrogen and oxygen atoms in total. The van der Waals surface area contributed by atoms with Gasteiger partial charge in [-0.05, 0) is 24.1 Å². The minimum Gasteiger partial charge on any atom is -0.304 e. The second kappa shape index (κ2) is 5.85. The molecule has 0 saturated carbocycles. The van der Waals surface area contributed by atoms with Crippen LogP contribution in [0.2, 0.25) is 0 Å². The molecule has 0 heterocycles. The highest BCUT2D eigenvalue weighted by Crippen LogP contribution is 2.12. The van der Waals surface area contributed by atoms with Crippen molar-refractivity contribution < 1.29 is 4.79 Å². The van der Waals surface area contributed by atoms with Crippen molar-refractivity contribution in [1.82, 2.24) is 0 Å². The first kappa shape index (κ1) is 11.4. The molecule has 0 aliphatic heterocycles. The van der Waals surface area contributed by atoms with Gasteiger partial charge in [-0.3, -0.25) is 4.79 Å². The van der Waals surface area contributed by atoms with Crippen molar-refractivity contribution >= 4 is 12.1 Å². The third-order valence-electron chi connectivity index (χ3n) is 2.64. The van der Waals surface area contributed by atoms with Crippen LogP contribution in [0.1, 0.15) is 5.56 Å². The quantitative estimate of drug-likeness (QED) is 0.715. The Morgan fingerprint density at radius 3 is 2.06 bits per heavy atom. The molecule has 0 N–H and O–H groups in total. The Kier molecular flexibility index (Phi) is 3.92. The standard InChI is InChI=1S/C15H14NO/c17-13-16(15-9-5-2-6-10-15)12-11-14-7-3-1-4-8-14/h1-10H,11-12H2. The van der Waals surface area contributed by atoms with E-state index in [4.69, 9.17) is 0 Å². The first-order valence-corrected chi connectivity index (χ1v) is 5.64. The van der Waals surface area contributed by atoms with Gasteiger partial charge in [-0.25, -0.2) is 0 Å². The van der Waals surface area contributed by atoms with Crippen LogP contribution in [0.3, 0.4) is 0 Å². The van der Waals surface area contributed by atoms with Crippen LogP contribution in [0, 0.1) is 0 Å². The molecule has 2 heteroatoms. The highest BCUT2D eigenvalue weighted by atomic mass is 16.1. The summed E-state index contributed by atoms with van der Waals surface area (Å²) in [7, 11) is 0. The highest BCUT2D eigenvalue weighted by Gasteiger charge is 2.05. The maximum atomic E-state index is 10.9. The number of anilines is 1. The number of nitrogens with zero attached hydrogens (tertiary/aromatic N) is 1. The van der Waals surface area contributed by atoms with Crippen LogP contribution in [0.15, 0.2) is 60.7 Å². The third-order valence-corrected chi connectivity index (χ3v) is 2.64. The van der Waals surface area contributed by atoms with Gasteiger partial charge >= 0.3 is 6.41 Å². The summed E-state index contributed by atoms with van der Waals surface area (Å²) < 4.78 is 0. The Morgan fingerprint density at radius 1 is 0.882 bits per heavy atom. The van der Waals surface area contributed by atoms with Gasteiger partial charge in [0.05, 0.1) is 0 Å². The van der Waals surface area contributed by atoms with Crippen molar-refractivity contribution in [2.45, 2.75) is 6.42 Å². The average Bonchev–Trinajstić information content (AvgIpc) is 2.42. The molecule has 0 bridgehead atoms. The zero-order valence-electron chi connectivity index (χ0n) is 9.54. The lowest BCUT2D eigenvalue weighted by Gasteiger charge is -2.16. The molecule has 85 valence electrons. The largest absolute Gasteiger partial charge is 0.316 e. The van der Waals surface area contributed by atoms with Crippen molar-refractivity contribution in [3.05, 3.63) is 66.2 Å². The molecule has 2 aromatic carbocycles. The smallest absolute Gasteiger partial charge is 0.304 e. The molecule has 0 atom stereocenters. The van der Waals surface area contributed by atoms with Crippen LogP contribution in [-0.4, -0.2) is 13.0 Å². The molecule has 1 amide bonds. The van der Waals surface area contributed by atoms with Crippen molar-refractivity contribution in [3.63, 3.8) is 0 Å². The summed E-state index contributed by atoms with van der Waals surface area (Å²) in [5.41, 5.74) is 2.11. The molecule has 1 radical (unpaired) electrons. The van der Waals surface area contributed by atoms with Gasteiger partial charge in [0, 0.05) is 12.2 Å². The first-order chi connectivity index (χ1) is 8.40. The Labute approximate surface area is 102 Å². The van der Waals surface area contributed by atoms with Gasteiger partial charge in [0.1, 0.15) is 0 Å².